The fourth-order valence-electron chi connectivity index (χ4n) is 2.50. The van der Waals surface area contributed by atoms with Gasteiger partial charge in [0.1, 0.15) is 11.6 Å². The predicted octanol–water partition coefficient (Wildman–Crippen LogP) is 3.98. The smallest absolute Gasteiger partial charge is 0.128 e. The lowest BCUT2D eigenvalue weighted by molar-refractivity contribution is 0.303. The Labute approximate surface area is 125 Å². The number of hydrogen-bond acceptors (Lipinski definition) is 2. The highest BCUT2D eigenvalue weighted by Crippen LogP contribution is 2.29. The first kappa shape index (κ1) is 14.1. The van der Waals surface area contributed by atoms with Crippen LogP contribution in [0.2, 0.25) is 0 Å². The molecule has 2 aromatic carbocycles. The molecule has 1 aliphatic carbocycles. The van der Waals surface area contributed by atoms with E-state index < -0.39 is 0 Å². The van der Waals surface area contributed by atoms with E-state index >= 15 is 0 Å². The normalized spacial score (nSPS) is 15.8. The molecule has 1 atom stereocenters. The van der Waals surface area contributed by atoms with E-state index in [9.17, 15) is 4.39 Å². The van der Waals surface area contributed by atoms with E-state index in [1.807, 2.05) is 44.3 Å². The lowest BCUT2D eigenvalue weighted by Gasteiger charge is -2.19. The van der Waals surface area contributed by atoms with Gasteiger partial charge in [0.15, 0.2) is 0 Å². The molecular formula is C18H20FNO. The number of ether oxygens (including phenoxy) is 1. The van der Waals surface area contributed by atoms with Gasteiger partial charge < -0.3 is 10.1 Å². The summed E-state index contributed by atoms with van der Waals surface area (Å²) in [5.41, 5.74) is 2.76. The van der Waals surface area contributed by atoms with Crippen molar-refractivity contribution in [1.29, 1.82) is 0 Å². The molecule has 0 bridgehead atoms. The largest absolute Gasteiger partial charge is 0.490 e. The molecule has 3 rings (SSSR count). The second-order valence-electron chi connectivity index (χ2n) is 5.63. The highest BCUT2D eigenvalue weighted by Gasteiger charge is 2.23. The Morgan fingerprint density at radius 3 is 2.48 bits per heavy atom. The number of halogens is 1. The molecule has 0 saturated heterocycles. The predicted molar refractivity (Wildman–Crippen MR) is 82.1 cm³/mol. The van der Waals surface area contributed by atoms with Crippen molar-refractivity contribution in [3.05, 3.63) is 65.0 Å². The van der Waals surface area contributed by atoms with Crippen LogP contribution in [0.15, 0.2) is 42.5 Å². The Bertz CT molecular complexity index is 620. The number of aryl methyl sites for hydroxylation is 1. The van der Waals surface area contributed by atoms with Crippen LogP contribution in [0.25, 0.3) is 0 Å². The van der Waals surface area contributed by atoms with E-state index in [2.05, 4.69) is 5.32 Å². The topological polar surface area (TPSA) is 21.3 Å². The summed E-state index contributed by atoms with van der Waals surface area (Å²) >= 11 is 0. The molecule has 2 aromatic rings. The Morgan fingerprint density at radius 1 is 1.14 bits per heavy atom. The second kappa shape index (κ2) is 5.86. The molecule has 1 N–H and O–H groups in total. The van der Waals surface area contributed by atoms with Crippen LogP contribution < -0.4 is 10.1 Å². The Balaban J connectivity index is 1.86. The van der Waals surface area contributed by atoms with Crippen molar-refractivity contribution in [3.8, 4) is 5.75 Å². The third-order valence-corrected chi connectivity index (χ3v) is 3.79. The molecule has 1 unspecified atom stereocenters. The van der Waals surface area contributed by atoms with E-state index in [0.717, 1.165) is 29.7 Å². The van der Waals surface area contributed by atoms with Crippen molar-refractivity contribution in [2.45, 2.75) is 31.9 Å². The van der Waals surface area contributed by atoms with Crippen molar-refractivity contribution in [2.75, 3.05) is 7.05 Å². The molecule has 2 nitrogen and oxygen atoms in total. The standard InChI is InChI=1S/C18H20FNO/c1-12-3-10-17(19)16(11-12)18(20-2)13-4-6-14(7-5-13)21-15-8-9-15/h3-7,10-11,15,18,20H,8-9H2,1-2H3. The zero-order chi connectivity index (χ0) is 14.8. The van der Waals surface area contributed by atoms with Crippen LogP contribution in [-0.2, 0) is 0 Å². The average molecular weight is 285 g/mol. The van der Waals surface area contributed by atoms with Gasteiger partial charge in [0.2, 0.25) is 0 Å². The van der Waals surface area contributed by atoms with Gasteiger partial charge in [0.25, 0.3) is 0 Å². The van der Waals surface area contributed by atoms with E-state index in [1.54, 1.807) is 6.07 Å². The third kappa shape index (κ3) is 3.24. The molecule has 21 heavy (non-hydrogen) atoms. The first-order valence-corrected chi connectivity index (χ1v) is 7.37. The lowest BCUT2D eigenvalue weighted by Crippen LogP contribution is -2.19. The molecule has 0 aromatic heterocycles. The summed E-state index contributed by atoms with van der Waals surface area (Å²) in [6.07, 6.45) is 2.69. The molecule has 0 radical (unpaired) electrons. The molecule has 3 heteroatoms. The van der Waals surface area contributed by atoms with Gasteiger partial charge in [-0.2, -0.15) is 0 Å². The zero-order valence-corrected chi connectivity index (χ0v) is 12.4. The molecule has 0 heterocycles. The van der Waals surface area contributed by atoms with Crippen molar-refractivity contribution in [1.82, 2.24) is 5.32 Å². The maximum Gasteiger partial charge on any atom is 0.128 e. The maximum absolute atomic E-state index is 14.1. The first-order valence-electron chi connectivity index (χ1n) is 7.37. The fraction of sp³-hybridized carbons (Fsp3) is 0.333. The minimum atomic E-state index is -0.182. The molecular weight excluding hydrogens is 265 g/mol. The third-order valence-electron chi connectivity index (χ3n) is 3.79. The minimum Gasteiger partial charge on any atom is -0.490 e. The van der Waals surface area contributed by atoms with E-state index in [0.29, 0.717) is 11.7 Å². The van der Waals surface area contributed by atoms with Gasteiger partial charge in [-0.1, -0.05) is 29.8 Å². The maximum atomic E-state index is 14.1. The van der Waals surface area contributed by atoms with Crippen LogP contribution in [0.3, 0.4) is 0 Å². The van der Waals surface area contributed by atoms with Gasteiger partial charge in [-0.3, -0.25) is 0 Å². The summed E-state index contributed by atoms with van der Waals surface area (Å²) in [5, 5.41) is 3.19. The van der Waals surface area contributed by atoms with Gasteiger partial charge in [0.05, 0.1) is 12.1 Å². The summed E-state index contributed by atoms with van der Waals surface area (Å²) < 4.78 is 19.8. The first-order chi connectivity index (χ1) is 10.2. The van der Waals surface area contributed by atoms with Gasteiger partial charge >= 0.3 is 0 Å². The molecule has 0 spiro atoms. The van der Waals surface area contributed by atoms with Gasteiger partial charge in [-0.25, -0.2) is 4.39 Å². The number of nitrogens with one attached hydrogen (secondary N) is 1. The van der Waals surface area contributed by atoms with Crippen LogP contribution >= 0.6 is 0 Å². The zero-order valence-electron chi connectivity index (χ0n) is 12.4. The van der Waals surface area contributed by atoms with Gasteiger partial charge in [-0.05, 0) is 50.6 Å². The number of rotatable bonds is 5. The summed E-state index contributed by atoms with van der Waals surface area (Å²) in [6, 6.07) is 13.0. The molecule has 1 aliphatic rings. The molecule has 1 saturated carbocycles. The molecule has 1 fully saturated rings. The van der Waals surface area contributed by atoms with Crippen LogP contribution in [0.1, 0.15) is 35.6 Å². The van der Waals surface area contributed by atoms with Crippen LogP contribution in [-0.4, -0.2) is 13.2 Å². The number of hydrogen-bond donors (Lipinski definition) is 1. The molecule has 0 aliphatic heterocycles. The average Bonchev–Trinajstić information content (AvgIpc) is 3.29. The van der Waals surface area contributed by atoms with Crippen molar-refractivity contribution in [2.24, 2.45) is 0 Å². The van der Waals surface area contributed by atoms with Crippen molar-refractivity contribution < 1.29 is 9.13 Å². The SMILES string of the molecule is CNC(c1ccc(OC2CC2)cc1)c1cc(C)ccc1F. The molecule has 0 amide bonds. The highest BCUT2D eigenvalue weighted by molar-refractivity contribution is 5.37. The van der Waals surface area contributed by atoms with Crippen LogP contribution in [0.5, 0.6) is 5.75 Å². The summed E-state index contributed by atoms with van der Waals surface area (Å²) in [6.45, 7) is 1.97. The number of benzene rings is 2. The van der Waals surface area contributed by atoms with Crippen molar-refractivity contribution in [3.63, 3.8) is 0 Å². The van der Waals surface area contributed by atoms with E-state index in [-0.39, 0.29) is 11.9 Å². The quantitative estimate of drug-likeness (QED) is 0.897. The lowest BCUT2D eigenvalue weighted by atomic mass is 9.97. The molecule has 110 valence electrons. The Morgan fingerprint density at radius 2 is 1.86 bits per heavy atom. The monoisotopic (exact) mass is 285 g/mol. The Hall–Kier alpha value is -1.87. The fourth-order valence-corrected chi connectivity index (χ4v) is 2.50. The summed E-state index contributed by atoms with van der Waals surface area (Å²) in [7, 11) is 1.85. The minimum absolute atomic E-state index is 0.153. The second-order valence-corrected chi connectivity index (χ2v) is 5.63. The summed E-state index contributed by atoms with van der Waals surface area (Å²) in [5.74, 6) is 0.707. The van der Waals surface area contributed by atoms with E-state index in [4.69, 9.17) is 4.74 Å². The van der Waals surface area contributed by atoms with Crippen LogP contribution in [0, 0.1) is 12.7 Å². The van der Waals surface area contributed by atoms with E-state index in [1.165, 1.54) is 6.07 Å². The Kier molecular flexibility index (Phi) is 3.93. The highest BCUT2D eigenvalue weighted by atomic mass is 19.1. The van der Waals surface area contributed by atoms with Gasteiger partial charge in [0, 0.05) is 5.56 Å². The summed E-state index contributed by atoms with van der Waals surface area (Å²) in [4.78, 5) is 0. The van der Waals surface area contributed by atoms with Crippen LogP contribution in [0.4, 0.5) is 4.39 Å². The van der Waals surface area contributed by atoms with Gasteiger partial charge in [-0.15, -0.1) is 0 Å². The van der Waals surface area contributed by atoms with Crippen molar-refractivity contribution >= 4 is 0 Å².